The Morgan fingerprint density at radius 1 is 0.893 bits per heavy atom. The molecule has 3 rings (SSSR count). The monoisotopic (exact) mass is 445 g/mol. The van der Waals surface area contributed by atoms with Gasteiger partial charge in [-0.05, 0) is 44.2 Å². The molecule has 156 valence electrons. The molecule has 1 amide bonds. The average molecular weight is 447 g/mol. The van der Waals surface area contributed by atoms with Gasteiger partial charge in [-0.3, -0.25) is 9.69 Å². The van der Waals surface area contributed by atoms with Crippen LogP contribution in [0.25, 0.3) is 0 Å². The number of nitrogens with zero attached hydrogens (tertiary/aromatic N) is 2. The first-order chi connectivity index (χ1) is 12.2. The number of piperazine rings is 1. The number of hydrogen-bond donors (Lipinski definition) is 1. The van der Waals surface area contributed by atoms with Crippen molar-refractivity contribution in [3.63, 3.8) is 0 Å². The number of nitrogens with one attached hydrogen (secondary N) is 1. The molecule has 0 radical (unpaired) electrons. The molecule has 0 aromatic heterocycles. The zero-order valence-electron chi connectivity index (χ0n) is 16.2. The van der Waals surface area contributed by atoms with E-state index in [-0.39, 0.29) is 43.1 Å². The molecule has 4 nitrogen and oxygen atoms in total. The van der Waals surface area contributed by atoms with Gasteiger partial charge in [-0.1, -0.05) is 35.9 Å². The van der Waals surface area contributed by atoms with E-state index >= 15 is 0 Å². The summed E-state index contributed by atoms with van der Waals surface area (Å²) in [7, 11) is 0. The molecule has 0 spiro atoms. The van der Waals surface area contributed by atoms with Gasteiger partial charge in [-0.2, -0.15) is 0 Å². The smallest absolute Gasteiger partial charge is 0.251 e. The third-order valence-electron chi connectivity index (χ3n) is 4.74. The van der Waals surface area contributed by atoms with Crippen LogP contribution in [-0.4, -0.2) is 50.1 Å². The SMILES string of the molecule is Cc1ccc(C(=O)NCCCN2CCN(c3ccccc3)CC2)cc1.Cl.Cl.Cl. The van der Waals surface area contributed by atoms with Crippen LogP contribution >= 0.6 is 37.2 Å². The first-order valence-electron chi connectivity index (χ1n) is 9.09. The fraction of sp³-hybridized carbons (Fsp3) is 0.381. The first-order valence-corrected chi connectivity index (χ1v) is 9.09. The molecule has 1 aliphatic rings. The zero-order chi connectivity index (χ0) is 17.5. The van der Waals surface area contributed by atoms with Crippen LogP contribution in [0.1, 0.15) is 22.3 Å². The minimum atomic E-state index is 0. The van der Waals surface area contributed by atoms with Crippen LogP contribution in [0.4, 0.5) is 5.69 Å². The summed E-state index contributed by atoms with van der Waals surface area (Å²) in [6.07, 6.45) is 0.989. The van der Waals surface area contributed by atoms with E-state index in [2.05, 4.69) is 45.4 Å². The Morgan fingerprint density at radius 3 is 2.11 bits per heavy atom. The number of hydrogen-bond acceptors (Lipinski definition) is 3. The molecule has 2 aromatic carbocycles. The predicted octanol–water partition coefficient (Wildman–Crippen LogP) is 4.20. The highest BCUT2D eigenvalue weighted by atomic mass is 35.5. The van der Waals surface area contributed by atoms with Crippen LogP contribution in [0.5, 0.6) is 0 Å². The van der Waals surface area contributed by atoms with Crippen LogP contribution in [0.2, 0.25) is 0 Å². The first kappa shape index (κ1) is 26.5. The molecule has 7 heteroatoms. The van der Waals surface area contributed by atoms with Gasteiger partial charge in [0, 0.05) is 44.0 Å². The van der Waals surface area contributed by atoms with Crippen molar-refractivity contribution >= 4 is 48.8 Å². The summed E-state index contributed by atoms with van der Waals surface area (Å²) < 4.78 is 0. The second-order valence-corrected chi connectivity index (χ2v) is 6.64. The Morgan fingerprint density at radius 2 is 1.50 bits per heavy atom. The summed E-state index contributed by atoms with van der Waals surface area (Å²) in [6, 6.07) is 18.3. The molecule has 28 heavy (non-hydrogen) atoms. The van der Waals surface area contributed by atoms with Crippen LogP contribution < -0.4 is 10.2 Å². The third kappa shape index (κ3) is 7.88. The maximum Gasteiger partial charge on any atom is 0.251 e. The van der Waals surface area contributed by atoms with E-state index in [0.717, 1.165) is 51.3 Å². The molecule has 0 bridgehead atoms. The van der Waals surface area contributed by atoms with Crippen LogP contribution in [-0.2, 0) is 0 Å². The van der Waals surface area contributed by atoms with Crippen molar-refractivity contribution in [2.75, 3.05) is 44.2 Å². The van der Waals surface area contributed by atoms with Gasteiger partial charge in [-0.25, -0.2) is 0 Å². The summed E-state index contributed by atoms with van der Waals surface area (Å²) in [6.45, 7) is 8.10. The topological polar surface area (TPSA) is 35.6 Å². The van der Waals surface area contributed by atoms with Crippen molar-refractivity contribution in [1.29, 1.82) is 0 Å². The normalized spacial score (nSPS) is 13.5. The van der Waals surface area contributed by atoms with Crippen LogP contribution in [0, 0.1) is 6.92 Å². The number of carbonyl (C=O) groups is 1. The van der Waals surface area contributed by atoms with Crippen LogP contribution in [0.3, 0.4) is 0 Å². The molecule has 1 aliphatic heterocycles. The van der Waals surface area contributed by atoms with Crippen molar-refractivity contribution in [3.05, 3.63) is 65.7 Å². The molecule has 1 heterocycles. The lowest BCUT2D eigenvalue weighted by molar-refractivity contribution is 0.0951. The molecule has 0 unspecified atom stereocenters. The molecule has 0 atom stereocenters. The van der Waals surface area contributed by atoms with E-state index in [4.69, 9.17) is 0 Å². The zero-order valence-corrected chi connectivity index (χ0v) is 18.6. The van der Waals surface area contributed by atoms with Gasteiger partial charge in [0.2, 0.25) is 0 Å². The Kier molecular flexibility index (Phi) is 13.0. The Bertz CT molecular complexity index is 675. The van der Waals surface area contributed by atoms with Crippen molar-refractivity contribution in [2.45, 2.75) is 13.3 Å². The van der Waals surface area contributed by atoms with Gasteiger partial charge in [0.15, 0.2) is 0 Å². The molecule has 0 aliphatic carbocycles. The standard InChI is InChI=1S/C21H27N3O.3ClH/c1-18-8-10-19(11-9-18)21(25)22-12-5-13-23-14-16-24(17-15-23)20-6-3-2-4-7-20;;;/h2-4,6-11H,5,12-17H2,1H3,(H,22,25);3*1H. The largest absolute Gasteiger partial charge is 0.369 e. The summed E-state index contributed by atoms with van der Waals surface area (Å²) >= 11 is 0. The number of amides is 1. The van der Waals surface area contributed by atoms with Gasteiger partial charge in [0.05, 0.1) is 0 Å². The highest BCUT2D eigenvalue weighted by Crippen LogP contribution is 2.15. The van der Waals surface area contributed by atoms with Gasteiger partial charge in [0.25, 0.3) is 5.91 Å². The number of benzene rings is 2. The van der Waals surface area contributed by atoms with Gasteiger partial charge in [-0.15, -0.1) is 37.2 Å². The molecule has 1 N–H and O–H groups in total. The van der Waals surface area contributed by atoms with Crippen molar-refractivity contribution in [1.82, 2.24) is 10.2 Å². The minimum absolute atomic E-state index is 0. The number of anilines is 1. The fourth-order valence-electron chi connectivity index (χ4n) is 3.18. The molecule has 2 aromatic rings. The molecular weight excluding hydrogens is 417 g/mol. The van der Waals surface area contributed by atoms with Gasteiger partial charge < -0.3 is 10.2 Å². The highest BCUT2D eigenvalue weighted by molar-refractivity contribution is 5.94. The summed E-state index contributed by atoms with van der Waals surface area (Å²) in [5, 5.41) is 3.02. The second-order valence-electron chi connectivity index (χ2n) is 6.64. The van der Waals surface area contributed by atoms with Crippen molar-refractivity contribution in [3.8, 4) is 0 Å². The number of aryl methyl sites for hydroxylation is 1. The Balaban J connectivity index is 0.00000243. The van der Waals surface area contributed by atoms with E-state index in [9.17, 15) is 4.79 Å². The van der Waals surface area contributed by atoms with Crippen LogP contribution in [0.15, 0.2) is 54.6 Å². The lowest BCUT2D eigenvalue weighted by Gasteiger charge is -2.36. The Labute approximate surface area is 186 Å². The number of para-hydroxylation sites is 1. The summed E-state index contributed by atoms with van der Waals surface area (Å²) in [4.78, 5) is 17.0. The maximum atomic E-state index is 12.1. The second kappa shape index (κ2) is 13.7. The fourth-order valence-corrected chi connectivity index (χ4v) is 3.18. The molecular formula is C21H30Cl3N3O. The predicted molar refractivity (Wildman–Crippen MR) is 125 cm³/mol. The number of rotatable bonds is 6. The molecule has 0 saturated carbocycles. The van der Waals surface area contributed by atoms with E-state index in [1.165, 1.54) is 11.3 Å². The lowest BCUT2D eigenvalue weighted by atomic mass is 10.1. The summed E-state index contributed by atoms with van der Waals surface area (Å²) in [5.41, 5.74) is 3.22. The number of halogens is 3. The van der Waals surface area contributed by atoms with Crippen molar-refractivity contribution in [2.24, 2.45) is 0 Å². The lowest BCUT2D eigenvalue weighted by Crippen LogP contribution is -2.47. The minimum Gasteiger partial charge on any atom is -0.369 e. The van der Waals surface area contributed by atoms with Gasteiger partial charge in [0.1, 0.15) is 0 Å². The number of carbonyl (C=O) groups excluding carboxylic acids is 1. The van der Waals surface area contributed by atoms with E-state index < -0.39 is 0 Å². The molecule has 1 fully saturated rings. The average Bonchev–Trinajstić information content (AvgIpc) is 2.67. The van der Waals surface area contributed by atoms with E-state index in [1.54, 1.807) is 0 Å². The third-order valence-corrected chi connectivity index (χ3v) is 4.74. The van der Waals surface area contributed by atoms with E-state index in [1.807, 2.05) is 31.2 Å². The summed E-state index contributed by atoms with van der Waals surface area (Å²) in [5.74, 6) is 0.0221. The Hall–Kier alpha value is -1.46. The van der Waals surface area contributed by atoms with Crippen molar-refractivity contribution < 1.29 is 4.79 Å². The van der Waals surface area contributed by atoms with Gasteiger partial charge >= 0.3 is 0 Å². The quantitative estimate of drug-likeness (QED) is 0.675. The maximum absolute atomic E-state index is 12.1. The molecule has 1 saturated heterocycles. The van der Waals surface area contributed by atoms with E-state index in [0.29, 0.717) is 0 Å². The highest BCUT2D eigenvalue weighted by Gasteiger charge is 2.16.